The number of rotatable bonds is 7. The summed E-state index contributed by atoms with van der Waals surface area (Å²) in [6.45, 7) is 0. The van der Waals surface area contributed by atoms with Gasteiger partial charge in [0.05, 0.1) is 25.3 Å². The second-order valence-electron chi connectivity index (χ2n) is 8.31. The molecule has 2 heterocycles. The fourth-order valence-electron chi connectivity index (χ4n) is 3.63. The van der Waals surface area contributed by atoms with Crippen LogP contribution in [0.3, 0.4) is 0 Å². The van der Waals surface area contributed by atoms with Crippen LogP contribution < -0.4 is 26.6 Å². The number of hydrogen-bond acceptors (Lipinski definition) is 8. The summed E-state index contributed by atoms with van der Waals surface area (Å²) in [4.78, 5) is 23.7. The van der Waals surface area contributed by atoms with Crippen LogP contribution in [-0.4, -0.2) is 47.9 Å². The zero-order chi connectivity index (χ0) is 32.3. The number of ether oxygens (including phenoxy) is 2. The zero-order valence-corrected chi connectivity index (χ0v) is 24.8. The standard InChI is InChI=1S/C12H11F3N4O2S.C12H9F3N4O2.H2S/c1-18-11(9(14)15)17-19(12(18)20)7-4-8(21-2)5(10(16)22)3-6(7)13;1-18-11(10(14)15)17-19(12(18)20)8-4-9(21-2)6(5-16)3-7(8)13;/h3-4,9H,1-2H3,(H2,16,22);3-4,10H,1-2H3;1H2. The molecular formula is C24H22F6N8O4S2. The van der Waals surface area contributed by atoms with E-state index >= 15 is 0 Å². The topological polar surface area (TPSA) is 148 Å². The van der Waals surface area contributed by atoms with Gasteiger partial charge in [-0.25, -0.2) is 35.9 Å². The van der Waals surface area contributed by atoms with Gasteiger partial charge in [0, 0.05) is 26.2 Å². The molecule has 0 saturated carbocycles. The molecule has 0 saturated heterocycles. The quantitative estimate of drug-likeness (QED) is 0.233. The van der Waals surface area contributed by atoms with Gasteiger partial charge in [0.2, 0.25) is 11.6 Å². The van der Waals surface area contributed by atoms with E-state index in [2.05, 4.69) is 10.2 Å². The van der Waals surface area contributed by atoms with E-state index in [0.29, 0.717) is 18.5 Å². The van der Waals surface area contributed by atoms with Crippen molar-refractivity contribution in [3.8, 4) is 28.9 Å². The average Bonchev–Trinajstić information content (AvgIpc) is 3.43. The van der Waals surface area contributed by atoms with E-state index in [1.165, 1.54) is 14.2 Å². The highest BCUT2D eigenvalue weighted by Gasteiger charge is 2.24. The molecule has 0 unspecified atom stereocenters. The Labute approximate surface area is 255 Å². The van der Waals surface area contributed by atoms with Gasteiger partial charge in [-0.05, 0) is 12.1 Å². The Morgan fingerprint density at radius 3 is 1.61 bits per heavy atom. The van der Waals surface area contributed by atoms with E-state index in [1.807, 2.05) is 0 Å². The molecule has 4 rings (SSSR count). The maximum absolute atomic E-state index is 14.2. The monoisotopic (exact) mass is 664 g/mol. The molecule has 0 bridgehead atoms. The highest BCUT2D eigenvalue weighted by Crippen LogP contribution is 2.26. The van der Waals surface area contributed by atoms with E-state index in [9.17, 15) is 35.9 Å². The largest absolute Gasteiger partial charge is 0.496 e. The van der Waals surface area contributed by atoms with Crippen molar-refractivity contribution < 1.29 is 35.8 Å². The van der Waals surface area contributed by atoms with Crippen molar-refractivity contribution in [3.05, 3.63) is 79.6 Å². The number of nitrogens with zero attached hydrogens (tertiary/aromatic N) is 7. The molecule has 12 nitrogen and oxygen atoms in total. The molecule has 236 valence electrons. The number of halogens is 6. The molecule has 0 amide bonds. The molecule has 4 aromatic rings. The Bertz CT molecular complexity index is 1860. The van der Waals surface area contributed by atoms with Crippen LogP contribution in [0.4, 0.5) is 26.3 Å². The molecule has 0 spiro atoms. The van der Waals surface area contributed by atoms with Crippen molar-refractivity contribution in [2.75, 3.05) is 14.2 Å². The number of hydrogen-bond donors (Lipinski definition) is 1. The van der Waals surface area contributed by atoms with Gasteiger partial charge in [-0.15, -0.1) is 10.2 Å². The number of benzene rings is 2. The summed E-state index contributed by atoms with van der Waals surface area (Å²) in [5.41, 5.74) is 2.91. The third-order valence-electron chi connectivity index (χ3n) is 5.80. The van der Waals surface area contributed by atoms with Gasteiger partial charge in [0.1, 0.15) is 39.7 Å². The summed E-state index contributed by atoms with van der Waals surface area (Å²) in [7, 11) is 4.77. The molecule has 2 aromatic carbocycles. The van der Waals surface area contributed by atoms with Crippen LogP contribution in [0.15, 0.2) is 33.9 Å². The van der Waals surface area contributed by atoms with Gasteiger partial charge < -0.3 is 15.2 Å². The first-order chi connectivity index (χ1) is 20.2. The van der Waals surface area contributed by atoms with Crippen molar-refractivity contribution in [1.29, 1.82) is 5.26 Å². The van der Waals surface area contributed by atoms with Crippen LogP contribution in [0.5, 0.6) is 11.5 Å². The maximum Gasteiger partial charge on any atom is 0.350 e. The second kappa shape index (κ2) is 14.1. The molecule has 2 aromatic heterocycles. The number of nitriles is 1. The van der Waals surface area contributed by atoms with Crippen LogP contribution in [0.2, 0.25) is 0 Å². The average molecular weight is 665 g/mol. The SMILES string of the molecule is COc1cc(-n2nc(C(F)F)n(C)c2=O)c(F)cc1C#N.COc1cc(-n2nc(C(F)F)n(C)c2=O)c(F)cc1C(N)=S.S. The van der Waals surface area contributed by atoms with Crippen LogP contribution in [-0.2, 0) is 14.1 Å². The molecule has 44 heavy (non-hydrogen) atoms. The molecular weight excluding hydrogens is 642 g/mol. The summed E-state index contributed by atoms with van der Waals surface area (Å²) in [5.74, 6) is -3.31. The minimum atomic E-state index is -2.98. The number of aromatic nitrogens is 6. The van der Waals surface area contributed by atoms with Gasteiger partial charge in [-0.3, -0.25) is 9.13 Å². The Kier molecular flexibility index (Phi) is 11.4. The maximum atomic E-state index is 14.2. The van der Waals surface area contributed by atoms with E-state index in [-0.39, 0.29) is 52.5 Å². The number of thiocarbonyl (C=S) groups is 1. The lowest BCUT2D eigenvalue weighted by Gasteiger charge is -2.10. The lowest BCUT2D eigenvalue weighted by Crippen LogP contribution is -2.23. The lowest BCUT2D eigenvalue weighted by molar-refractivity contribution is 0.135. The van der Waals surface area contributed by atoms with Crippen molar-refractivity contribution in [2.45, 2.75) is 12.9 Å². The van der Waals surface area contributed by atoms with Gasteiger partial charge in [-0.1, -0.05) is 12.2 Å². The molecule has 2 N–H and O–H groups in total. The summed E-state index contributed by atoms with van der Waals surface area (Å²) >= 11 is 4.76. The predicted molar refractivity (Wildman–Crippen MR) is 152 cm³/mol. The first kappa shape index (κ1) is 35.4. The fourth-order valence-corrected chi connectivity index (χ4v) is 3.79. The van der Waals surface area contributed by atoms with E-state index in [0.717, 1.165) is 38.4 Å². The smallest absolute Gasteiger partial charge is 0.350 e. The summed E-state index contributed by atoms with van der Waals surface area (Å²) in [5, 5.41) is 15.7. The van der Waals surface area contributed by atoms with Gasteiger partial charge in [0.25, 0.3) is 12.9 Å². The van der Waals surface area contributed by atoms with Crippen molar-refractivity contribution in [1.82, 2.24) is 28.7 Å². The third-order valence-corrected chi connectivity index (χ3v) is 6.02. The third kappa shape index (κ3) is 6.73. The van der Waals surface area contributed by atoms with E-state index in [1.54, 1.807) is 6.07 Å². The zero-order valence-electron chi connectivity index (χ0n) is 23.0. The summed E-state index contributed by atoms with van der Waals surface area (Å²) < 4.78 is 91.3. The molecule has 0 aliphatic carbocycles. The molecule has 0 aliphatic rings. The fraction of sp³-hybridized carbons (Fsp3) is 0.250. The highest BCUT2D eigenvalue weighted by molar-refractivity contribution is 7.80. The van der Waals surface area contributed by atoms with Crippen molar-refractivity contribution in [3.63, 3.8) is 0 Å². The predicted octanol–water partition coefficient (Wildman–Crippen LogP) is 2.93. The Morgan fingerprint density at radius 2 is 1.27 bits per heavy atom. The molecule has 0 aliphatic heterocycles. The van der Waals surface area contributed by atoms with Crippen LogP contribution in [0, 0.1) is 23.0 Å². The van der Waals surface area contributed by atoms with E-state index in [4.69, 9.17) is 32.7 Å². The first-order valence-corrected chi connectivity index (χ1v) is 11.9. The molecule has 0 radical (unpaired) electrons. The van der Waals surface area contributed by atoms with E-state index < -0.39 is 47.5 Å². The Hall–Kier alpha value is -4.77. The van der Waals surface area contributed by atoms with Crippen LogP contribution >= 0.6 is 25.7 Å². The van der Waals surface area contributed by atoms with Crippen LogP contribution in [0.25, 0.3) is 11.4 Å². The molecule has 0 fully saturated rings. The van der Waals surface area contributed by atoms with Crippen molar-refractivity contribution in [2.24, 2.45) is 19.8 Å². The minimum absolute atomic E-state index is 0. The van der Waals surface area contributed by atoms with Gasteiger partial charge in [0.15, 0.2) is 5.82 Å². The number of nitrogens with two attached hydrogens (primary N) is 1. The first-order valence-electron chi connectivity index (χ1n) is 11.5. The Balaban J connectivity index is 0.000000300. The normalized spacial score (nSPS) is 10.6. The summed E-state index contributed by atoms with van der Waals surface area (Å²) in [6, 6.07) is 5.69. The lowest BCUT2D eigenvalue weighted by atomic mass is 10.1. The molecule has 0 atom stereocenters. The van der Waals surface area contributed by atoms with Gasteiger partial charge in [-0.2, -0.15) is 28.1 Å². The second-order valence-corrected chi connectivity index (χ2v) is 8.75. The van der Waals surface area contributed by atoms with Crippen LogP contribution in [0.1, 0.15) is 35.6 Å². The van der Waals surface area contributed by atoms with Gasteiger partial charge >= 0.3 is 11.4 Å². The summed E-state index contributed by atoms with van der Waals surface area (Å²) in [6.07, 6.45) is -5.95. The van der Waals surface area contributed by atoms with Crippen molar-refractivity contribution >= 4 is 30.7 Å². The highest BCUT2D eigenvalue weighted by atomic mass is 32.1. The molecule has 20 heteroatoms. The Morgan fingerprint density at radius 1 is 0.864 bits per heavy atom. The number of methoxy groups -OCH3 is 2. The number of alkyl halides is 4. The minimum Gasteiger partial charge on any atom is -0.496 e.